The lowest BCUT2D eigenvalue weighted by Crippen LogP contribution is -2.37. The number of benzene rings is 1. The van der Waals surface area contributed by atoms with Crippen molar-refractivity contribution in [1.82, 2.24) is 4.90 Å². The van der Waals surface area contributed by atoms with Crippen molar-refractivity contribution in [3.05, 3.63) is 24.0 Å². The van der Waals surface area contributed by atoms with Crippen LogP contribution in [0.25, 0.3) is 0 Å². The van der Waals surface area contributed by atoms with Crippen LogP contribution in [0, 0.1) is 5.82 Å². The van der Waals surface area contributed by atoms with Gasteiger partial charge in [0.05, 0.1) is 11.4 Å². The Bertz CT molecular complexity index is 404. The van der Waals surface area contributed by atoms with Crippen LogP contribution >= 0.6 is 0 Å². The van der Waals surface area contributed by atoms with E-state index in [9.17, 15) is 4.39 Å². The second kappa shape index (κ2) is 5.57. The number of halogens is 1. The van der Waals surface area contributed by atoms with Gasteiger partial charge in [0, 0.05) is 19.1 Å². The van der Waals surface area contributed by atoms with Gasteiger partial charge in [-0.2, -0.15) is 0 Å². The quantitative estimate of drug-likeness (QED) is 0.834. The summed E-state index contributed by atoms with van der Waals surface area (Å²) in [6.45, 7) is 8.39. The van der Waals surface area contributed by atoms with Crippen LogP contribution in [0.1, 0.15) is 20.3 Å². The Hall–Kier alpha value is -1.29. The smallest absolute Gasteiger partial charge is 0.125 e. The first-order chi connectivity index (χ1) is 8.65. The van der Waals surface area contributed by atoms with Gasteiger partial charge in [0.2, 0.25) is 0 Å². The van der Waals surface area contributed by atoms with E-state index in [1.165, 1.54) is 6.07 Å². The van der Waals surface area contributed by atoms with Gasteiger partial charge in [-0.15, -0.1) is 0 Å². The maximum Gasteiger partial charge on any atom is 0.125 e. The van der Waals surface area contributed by atoms with Crippen molar-refractivity contribution in [2.24, 2.45) is 0 Å². The number of anilines is 2. The SMILES string of the molecule is CCN(CC)C1CCN(c2cc(F)ccc2N)C1. The summed E-state index contributed by atoms with van der Waals surface area (Å²) in [5.41, 5.74) is 7.44. The maximum atomic E-state index is 13.3. The zero-order valence-electron chi connectivity index (χ0n) is 11.2. The van der Waals surface area contributed by atoms with Crippen molar-refractivity contribution >= 4 is 11.4 Å². The van der Waals surface area contributed by atoms with Crippen LogP contribution in [0.4, 0.5) is 15.8 Å². The Morgan fingerprint density at radius 3 is 2.78 bits per heavy atom. The van der Waals surface area contributed by atoms with Gasteiger partial charge in [-0.05, 0) is 37.7 Å². The van der Waals surface area contributed by atoms with Crippen LogP contribution in [0.3, 0.4) is 0 Å². The zero-order valence-corrected chi connectivity index (χ0v) is 11.2. The van der Waals surface area contributed by atoms with Crippen LogP contribution in [0.2, 0.25) is 0 Å². The molecule has 1 aliphatic heterocycles. The Kier molecular flexibility index (Phi) is 4.07. The van der Waals surface area contributed by atoms with Crippen molar-refractivity contribution in [2.45, 2.75) is 26.3 Å². The standard InChI is InChI=1S/C14H22FN3/c1-3-17(4-2)12-7-8-18(10-12)14-9-11(15)5-6-13(14)16/h5-6,9,12H,3-4,7-8,10,16H2,1-2H3. The Morgan fingerprint density at radius 1 is 1.39 bits per heavy atom. The number of hydrogen-bond acceptors (Lipinski definition) is 3. The molecule has 1 heterocycles. The second-order valence-corrected chi connectivity index (χ2v) is 4.81. The van der Waals surface area contributed by atoms with Crippen molar-refractivity contribution in [3.8, 4) is 0 Å². The highest BCUT2D eigenvalue weighted by molar-refractivity contribution is 5.68. The highest BCUT2D eigenvalue weighted by Crippen LogP contribution is 2.28. The van der Waals surface area contributed by atoms with Gasteiger partial charge in [-0.3, -0.25) is 4.90 Å². The predicted octanol–water partition coefficient (Wildman–Crippen LogP) is 2.33. The summed E-state index contributed by atoms with van der Waals surface area (Å²) < 4.78 is 13.3. The third-order valence-corrected chi connectivity index (χ3v) is 3.83. The fraction of sp³-hybridized carbons (Fsp3) is 0.571. The molecular weight excluding hydrogens is 229 g/mol. The molecule has 1 aromatic rings. The molecule has 1 aliphatic rings. The lowest BCUT2D eigenvalue weighted by molar-refractivity contribution is 0.232. The van der Waals surface area contributed by atoms with Crippen molar-refractivity contribution < 1.29 is 4.39 Å². The van der Waals surface area contributed by atoms with Crippen LogP contribution in [-0.2, 0) is 0 Å². The number of likely N-dealkylation sites (N-methyl/N-ethyl adjacent to an activating group) is 1. The second-order valence-electron chi connectivity index (χ2n) is 4.81. The van der Waals surface area contributed by atoms with E-state index in [1.807, 2.05) is 0 Å². The lowest BCUT2D eigenvalue weighted by Gasteiger charge is -2.27. The molecule has 1 aromatic carbocycles. The van der Waals surface area contributed by atoms with Gasteiger partial charge < -0.3 is 10.6 Å². The van der Waals surface area contributed by atoms with E-state index in [0.717, 1.165) is 38.3 Å². The normalized spacial score (nSPS) is 19.8. The molecule has 1 fully saturated rings. The molecule has 1 saturated heterocycles. The average molecular weight is 251 g/mol. The molecule has 4 heteroatoms. The molecule has 18 heavy (non-hydrogen) atoms. The number of rotatable bonds is 4. The van der Waals surface area contributed by atoms with Gasteiger partial charge in [-0.1, -0.05) is 13.8 Å². The highest BCUT2D eigenvalue weighted by atomic mass is 19.1. The summed E-state index contributed by atoms with van der Waals surface area (Å²) in [7, 11) is 0. The molecule has 0 amide bonds. The number of hydrogen-bond donors (Lipinski definition) is 1. The molecule has 0 bridgehead atoms. The van der Waals surface area contributed by atoms with Crippen LogP contribution in [0.5, 0.6) is 0 Å². The van der Waals surface area contributed by atoms with Crippen LogP contribution in [-0.4, -0.2) is 37.1 Å². The third kappa shape index (κ3) is 2.58. The summed E-state index contributed by atoms with van der Waals surface area (Å²) in [6, 6.07) is 5.16. The topological polar surface area (TPSA) is 32.5 Å². The zero-order chi connectivity index (χ0) is 13.1. The Morgan fingerprint density at radius 2 is 2.11 bits per heavy atom. The molecule has 0 spiro atoms. The maximum absolute atomic E-state index is 13.3. The van der Waals surface area contributed by atoms with Crippen LogP contribution in [0.15, 0.2) is 18.2 Å². The van der Waals surface area contributed by atoms with Gasteiger partial charge >= 0.3 is 0 Å². The van der Waals surface area contributed by atoms with E-state index >= 15 is 0 Å². The highest BCUT2D eigenvalue weighted by Gasteiger charge is 2.27. The van der Waals surface area contributed by atoms with E-state index in [-0.39, 0.29) is 5.82 Å². The first-order valence-corrected chi connectivity index (χ1v) is 6.69. The average Bonchev–Trinajstić information content (AvgIpc) is 2.83. The Labute approximate surface area is 108 Å². The minimum absolute atomic E-state index is 0.217. The van der Waals surface area contributed by atoms with E-state index in [0.29, 0.717) is 11.7 Å². The molecule has 0 radical (unpaired) electrons. The van der Waals surface area contributed by atoms with Gasteiger partial charge in [0.1, 0.15) is 5.82 Å². The summed E-state index contributed by atoms with van der Waals surface area (Å²) in [5, 5.41) is 0. The monoisotopic (exact) mass is 251 g/mol. The van der Waals surface area contributed by atoms with Gasteiger partial charge in [0.15, 0.2) is 0 Å². The predicted molar refractivity (Wildman–Crippen MR) is 74.4 cm³/mol. The van der Waals surface area contributed by atoms with E-state index in [2.05, 4.69) is 23.6 Å². The summed E-state index contributed by atoms with van der Waals surface area (Å²) in [6.07, 6.45) is 1.12. The minimum atomic E-state index is -0.217. The van der Waals surface area contributed by atoms with Crippen molar-refractivity contribution in [1.29, 1.82) is 0 Å². The molecule has 3 nitrogen and oxygen atoms in total. The van der Waals surface area contributed by atoms with E-state index in [1.54, 1.807) is 12.1 Å². The van der Waals surface area contributed by atoms with Crippen LogP contribution < -0.4 is 10.6 Å². The fourth-order valence-electron chi connectivity index (χ4n) is 2.79. The number of nitrogen functional groups attached to an aromatic ring is 1. The number of nitrogens with zero attached hydrogens (tertiary/aromatic N) is 2. The largest absolute Gasteiger partial charge is 0.397 e. The molecular formula is C14H22FN3. The summed E-state index contributed by atoms with van der Waals surface area (Å²) in [5.74, 6) is -0.217. The molecule has 100 valence electrons. The lowest BCUT2D eigenvalue weighted by atomic mass is 10.2. The fourth-order valence-corrected chi connectivity index (χ4v) is 2.79. The van der Waals surface area contributed by atoms with Crippen molar-refractivity contribution in [3.63, 3.8) is 0 Å². The molecule has 0 aromatic heterocycles. The molecule has 1 atom stereocenters. The summed E-state index contributed by atoms with van der Waals surface area (Å²) in [4.78, 5) is 4.65. The molecule has 0 saturated carbocycles. The number of nitrogens with two attached hydrogens (primary N) is 1. The first-order valence-electron chi connectivity index (χ1n) is 6.69. The van der Waals surface area contributed by atoms with Gasteiger partial charge in [-0.25, -0.2) is 4.39 Å². The summed E-state index contributed by atoms with van der Waals surface area (Å²) >= 11 is 0. The van der Waals surface area contributed by atoms with E-state index in [4.69, 9.17) is 5.73 Å². The molecule has 2 N–H and O–H groups in total. The van der Waals surface area contributed by atoms with Gasteiger partial charge in [0.25, 0.3) is 0 Å². The first kappa shape index (κ1) is 13.1. The van der Waals surface area contributed by atoms with E-state index < -0.39 is 0 Å². The Balaban J connectivity index is 2.10. The molecule has 0 aliphatic carbocycles. The minimum Gasteiger partial charge on any atom is -0.397 e. The van der Waals surface area contributed by atoms with Crippen molar-refractivity contribution in [2.75, 3.05) is 36.8 Å². The molecule has 1 unspecified atom stereocenters. The third-order valence-electron chi connectivity index (χ3n) is 3.83. The molecule has 2 rings (SSSR count).